The summed E-state index contributed by atoms with van der Waals surface area (Å²) in [5.74, 6) is 0. The van der Waals surface area contributed by atoms with Gasteiger partial charge >= 0.3 is 6.03 Å². The van der Waals surface area contributed by atoms with E-state index in [1.54, 1.807) is 0 Å². The van der Waals surface area contributed by atoms with Gasteiger partial charge < -0.3 is 11.5 Å². The SMILES string of the molecule is NC(N)=O.[At]. The van der Waals surface area contributed by atoms with Gasteiger partial charge in [-0.3, -0.25) is 0 Å². The van der Waals surface area contributed by atoms with Gasteiger partial charge in [0.25, 0.3) is 0 Å². The molecule has 0 aliphatic heterocycles. The second-order valence-electron chi connectivity index (χ2n) is 0.402. The number of carbonyl (C=O) groups excluding carboxylic acids is 1. The summed E-state index contributed by atoms with van der Waals surface area (Å²) in [6.45, 7) is 0. The Balaban J connectivity index is 0. The molecule has 0 spiro atoms. The quantitative estimate of drug-likeness (QED) is 0.584. The number of amides is 2. The molecule has 0 aliphatic carbocycles. The van der Waals surface area contributed by atoms with Crippen LogP contribution in [-0.2, 0) is 0 Å². The Morgan fingerprint density at radius 2 is 1.40 bits per heavy atom. The molecule has 0 fully saturated rings. The summed E-state index contributed by atoms with van der Waals surface area (Å²) >= 11 is 0. The van der Waals surface area contributed by atoms with Gasteiger partial charge in [0.2, 0.25) is 0 Å². The Labute approximate surface area is 48.8 Å². The monoisotopic (exact) mass is 270 g/mol. The van der Waals surface area contributed by atoms with Crippen LogP contribution in [-0.4, -0.2) is 6.03 Å². The summed E-state index contributed by atoms with van der Waals surface area (Å²) in [6, 6.07) is -0.833. The van der Waals surface area contributed by atoms with Crippen molar-refractivity contribution in [2.45, 2.75) is 0 Å². The summed E-state index contributed by atoms with van der Waals surface area (Å²) in [5.41, 5.74) is 8.50. The molecule has 0 aromatic rings. The number of hydrogen-bond donors (Lipinski definition) is 2. The molecule has 0 unspecified atom stereocenters. The van der Waals surface area contributed by atoms with E-state index in [1.807, 2.05) is 0 Å². The minimum atomic E-state index is -0.833. The molecule has 0 rings (SSSR count). The molecule has 2 amide bonds. The molecule has 0 saturated heterocycles. The molecule has 31 valence electrons. The van der Waals surface area contributed by atoms with E-state index in [9.17, 15) is 0 Å². The normalized spacial score (nSPS) is 4.80. The second kappa shape index (κ2) is 4.15. The molecule has 0 aliphatic rings. The van der Waals surface area contributed by atoms with Gasteiger partial charge in [0, 0.05) is 26.2 Å². The Bertz CT molecular complexity index is 32.6. The number of primary amides is 2. The van der Waals surface area contributed by atoms with Crippen LogP contribution in [0.25, 0.3) is 0 Å². The van der Waals surface area contributed by atoms with E-state index in [2.05, 4.69) is 11.5 Å². The summed E-state index contributed by atoms with van der Waals surface area (Å²) in [6.07, 6.45) is 0. The summed E-state index contributed by atoms with van der Waals surface area (Å²) in [4.78, 5) is 9.00. The first-order chi connectivity index (χ1) is 1.73. The maximum absolute atomic E-state index is 9.00. The van der Waals surface area contributed by atoms with E-state index in [0.717, 1.165) is 0 Å². The number of carbonyl (C=O) groups is 1. The van der Waals surface area contributed by atoms with Gasteiger partial charge in [-0.25, -0.2) is 4.79 Å². The van der Waals surface area contributed by atoms with Gasteiger partial charge in [-0.15, -0.1) is 0 Å². The standard InChI is InChI=1S/CH4N2O.At/c2-1(3)4;/h(H4,2,3,4);. The van der Waals surface area contributed by atoms with Crippen LogP contribution in [0, 0.1) is 26.2 Å². The Hall–Kier alpha value is 0.153. The summed E-state index contributed by atoms with van der Waals surface area (Å²) in [5, 5.41) is 0. The van der Waals surface area contributed by atoms with E-state index in [4.69, 9.17) is 4.79 Å². The number of urea groups is 1. The van der Waals surface area contributed by atoms with Crippen molar-refractivity contribution in [2.75, 3.05) is 0 Å². The number of rotatable bonds is 0. The third-order valence-corrected chi connectivity index (χ3v) is 0. The molecule has 0 saturated carbocycles. The molecular weight excluding hydrogens is 266 g/mol. The van der Waals surface area contributed by atoms with Gasteiger partial charge in [-0.1, -0.05) is 0 Å². The van der Waals surface area contributed by atoms with Gasteiger partial charge in [0.1, 0.15) is 0 Å². The van der Waals surface area contributed by atoms with Gasteiger partial charge in [-0.05, 0) is 0 Å². The van der Waals surface area contributed by atoms with Crippen LogP contribution in [0.15, 0.2) is 0 Å². The molecule has 0 bridgehead atoms. The maximum atomic E-state index is 9.00. The van der Waals surface area contributed by atoms with Crippen LogP contribution in [0.2, 0.25) is 0 Å². The fourth-order valence-electron chi connectivity index (χ4n) is 0. The molecule has 4 N–H and O–H groups in total. The Kier molecular flexibility index (Phi) is 7.43. The van der Waals surface area contributed by atoms with Crippen LogP contribution in [0.5, 0.6) is 0 Å². The van der Waals surface area contributed by atoms with Gasteiger partial charge in [-0.2, -0.15) is 0 Å². The van der Waals surface area contributed by atoms with Gasteiger partial charge in [0.15, 0.2) is 0 Å². The van der Waals surface area contributed by atoms with Crippen molar-refractivity contribution in [2.24, 2.45) is 11.5 Å². The minimum absolute atomic E-state index is 0. The molecule has 0 aromatic carbocycles. The van der Waals surface area contributed by atoms with Crippen LogP contribution >= 0.6 is 0 Å². The molecule has 4 heteroatoms. The van der Waals surface area contributed by atoms with Crippen molar-refractivity contribution in [3.8, 4) is 0 Å². The van der Waals surface area contributed by atoms with Crippen LogP contribution in [0.1, 0.15) is 0 Å². The zero-order valence-corrected chi connectivity index (χ0v) is 5.38. The van der Waals surface area contributed by atoms with Gasteiger partial charge in [0.05, 0.1) is 0 Å². The maximum Gasteiger partial charge on any atom is 0.309 e. The van der Waals surface area contributed by atoms with E-state index >= 15 is 0 Å². The first kappa shape index (κ1) is 8.94. The Morgan fingerprint density at radius 1 is 1.40 bits per heavy atom. The van der Waals surface area contributed by atoms with Crippen molar-refractivity contribution >= 4 is 6.03 Å². The smallest absolute Gasteiger partial charge is 0.309 e. The number of nitrogens with two attached hydrogens (primary N) is 2. The zero-order valence-electron chi connectivity index (χ0n) is 2.44. The minimum Gasteiger partial charge on any atom is -0.352 e. The molecule has 0 heterocycles. The average Bonchev–Trinajstić information content (AvgIpc) is 0.811. The Morgan fingerprint density at radius 3 is 1.40 bits per heavy atom. The first-order valence-electron chi connectivity index (χ1n) is 0.781. The van der Waals surface area contributed by atoms with Crippen molar-refractivity contribution in [1.29, 1.82) is 0 Å². The van der Waals surface area contributed by atoms with Crippen LogP contribution in [0.3, 0.4) is 0 Å². The predicted octanol–water partition coefficient (Wildman–Crippen LogP) is -0.976. The average molecular weight is 270 g/mol. The summed E-state index contributed by atoms with van der Waals surface area (Å²) in [7, 11) is 0. The molecular formula is CH4AtN2O. The topological polar surface area (TPSA) is 69.1 Å². The van der Waals surface area contributed by atoms with E-state index in [-0.39, 0.29) is 26.2 Å². The van der Waals surface area contributed by atoms with E-state index in [1.165, 1.54) is 0 Å². The van der Waals surface area contributed by atoms with Crippen molar-refractivity contribution < 1.29 is 31.0 Å². The first-order valence-corrected chi connectivity index (χ1v) is 0.781. The van der Waals surface area contributed by atoms with E-state index in [0.29, 0.717) is 0 Å². The zero-order chi connectivity index (χ0) is 3.58. The molecule has 1 radical (unpaired) electrons. The molecule has 0 atom stereocenters. The van der Waals surface area contributed by atoms with E-state index < -0.39 is 6.03 Å². The van der Waals surface area contributed by atoms with Crippen LogP contribution < -0.4 is 11.5 Å². The number of hydrogen-bond acceptors (Lipinski definition) is 1. The van der Waals surface area contributed by atoms with Crippen molar-refractivity contribution in [1.82, 2.24) is 0 Å². The fraction of sp³-hybridized carbons (Fsp3) is 0. The fourth-order valence-corrected chi connectivity index (χ4v) is 0. The predicted molar refractivity (Wildman–Crippen MR) is 13.8 cm³/mol. The third kappa shape index (κ3) is 821. The van der Waals surface area contributed by atoms with Crippen molar-refractivity contribution in [3.63, 3.8) is 0 Å². The third-order valence-electron chi connectivity index (χ3n) is 0. The largest absolute Gasteiger partial charge is 0.352 e. The van der Waals surface area contributed by atoms with Crippen molar-refractivity contribution in [3.05, 3.63) is 0 Å². The second-order valence-corrected chi connectivity index (χ2v) is 0.402. The van der Waals surface area contributed by atoms with Crippen LogP contribution in [0.4, 0.5) is 4.79 Å². The molecule has 3 nitrogen and oxygen atoms in total. The molecule has 5 heavy (non-hydrogen) atoms. The summed E-state index contributed by atoms with van der Waals surface area (Å²) < 4.78 is 0. The molecule has 0 aromatic heterocycles.